The zero-order chi connectivity index (χ0) is 15.5. The highest BCUT2D eigenvalue weighted by molar-refractivity contribution is 5.79. The van der Waals surface area contributed by atoms with E-state index in [1.54, 1.807) is 0 Å². The van der Waals surface area contributed by atoms with Crippen LogP contribution in [0, 0.1) is 0 Å². The molecule has 5 nitrogen and oxygen atoms in total. The van der Waals surface area contributed by atoms with Crippen LogP contribution in [0.2, 0.25) is 0 Å². The molecule has 0 aromatic heterocycles. The quantitative estimate of drug-likeness (QED) is 0.803. The average Bonchev–Trinajstić information content (AvgIpc) is 2.79. The molecule has 3 atom stereocenters. The van der Waals surface area contributed by atoms with Gasteiger partial charge in [-0.15, -0.1) is 0 Å². The fourth-order valence-electron chi connectivity index (χ4n) is 4.03. The number of nitrogens with zero attached hydrogens (tertiary/aromatic N) is 2. The molecule has 0 aromatic rings. The summed E-state index contributed by atoms with van der Waals surface area (Å²) < 4.78 is 0. The number of carboxylic acid groups (broad SMARTS) is 1. The number of rotatable bonds is 5. The van der Waals surface area contributed by atoms with Gasteiger partial charge in [0, 0.05) is 18.6 Å². The molecule has 1 saturated carbocycles. The molecule has 21 heavy (non-hydrogen) atoms. The van der Waals surface area contributed by atoms with Crippen LogP contribution in [0.25, 0.3) is 0 Å². The van der Waals surface area contributed by atoms with Gasteiger partial charge < -0.3 is 15.3 Å². The summed E-state index contributed by atoms with van der Waals surface area (Å²) in [6.45, 7) is 8.48. The Morgan fingerprint density at radius 3 is 2.86 bits per heavy atom. The maximum atomic E-state index is 11.8. The Labute approximate surface area is 128 Å². The molecule has 2 aliphatic rings. The predicted octanol–water partition coefficient (Wildman–Crippen LogP) is 1.39. The van der Waals surface area contributed by atoms with Crippen LogP contribution in [0.15, 0.2) is 0 Å². The SMILES string of the molecule is CCCNC1(C(=O)O)CCC(N2CCCN(C)CC2C)C1. The van der Waals surface area contributed by atoms with E-state index in [0.717, 1.165) is 51.9 Å². The second kappa shape index (κ2) is 7.07. The van der Waals surface area contributed by atoms with Crippen LogP contribution in [0.5, 0.6) is 0 Å². The number of hydrogen-bond acceptors (Lipinski definition) is 4. The lowest BCUT2D eigenvalue weighted by molar-refractivity contribution is -0.144. The molecule has 0 radical (unpaired) electrons. The van der Waals surface area contributed by atoms with Crippen LogP contribution in [0.1, 0.15) is 46.0 Å². The van der Waals surface area contributed by atoms with E-state index in [-0.39, 0.29) is 0 Å². The van der Waals surface area contributed by atoms with Crippen molar-refractivity contribution >= 4 is 5.97 Å². The van der Waals surface area contributed by atoms with Gasteiger partial charge in [0.05, 0.1) is 0 Å². The van der Waals surface area contributed by atoms with Crippen LogP contribution >= 0.6 is 0 Å². The molecule has 2 N–H and O–H groups in total. The van der Waals surface area contributed by atoms with Crippen molar-refractivity contribution in [2.24, 2.45) is 0 Å². The molecule has 0 amide bonds. The molecule has 2 fully saturated rings. The van der Waals surface area contributed by atoms with Crippen molar-refractivity contribution in [1.82, 2.24) is 15.1 Å². The molecule has 5 heteroatoms. The number of nitrogens with one attached hydrogen (secondary N) is 1. The summed E-state index contributed by atoms with van der Waals surface area (Å²) in [7, 11) is 2.18. The second-order valence-electron chi connectivity index (χ2n) is 6.91. The van der Waals surface area contributed by atoms with E-state index in [4.69, 9.17) is 0 Å². The maximum absolute atomic E-state index is 11.8. The average molecular weight is 297 g/mol. The summed E-state index contributed by atoms with van der Waals surface area (Å²) in [5.41, 5.74) is -0.696. The number of aliphatic carboxylic acids is 1. The minimum absolute atomic E-state index is 0.409. The summed E-state index contributed by atoms with van der Waals surface area (Å²) in [5.74, 6) is -0.668. The first-order valence-corrected chi connectivity index (χ1v) is 8.41. The van der Waals surface area contributed by atoms with Gasteiger partial charge in [-0.05, 0) is 65.7 Å². The largest absolute Gasteiger partial charge is 0.480 e. The molecule has 3 unspecified atom stereocenters. The zero-order valence-corrected chi connectivity index (χ0v) is 13.8. The molecule has 1 aliphatic carbocycles. The molecule has 1 saturated heterocycles. The van der Waals surface area contributed by atoms with Crippen LogP contribution in [0.4, 0.5) is 0 Å². The lowest BCUT2D eigenvalue weighted by atomic mass is 9.96. The van der Waals surface area contributed by atoms with Gasteiger partial charge in [0.1, 0.15) is 5.54 Å². The summed E-state index contributed by atoms with van der Waals surface area (Å²) in [5, 5.41) is 13.0. The number of likely N-dealkylation sites (N-methyl/N-ethyl adjacent to an activating group) is 1. The monoisotopic (exact) mass is 297 g/mol. The van der Waals surface area contributed by atoms with E-state index in [2.05, 4.69) is 36.0 Å². The fraction of sp³-hybridized carbons (Fsp3) is 0.938. The van der Waals surface area contributed by atoms with Crippen molar-refractivity contribution in [2.75, 3.05) is 33.2 Å². The highest BCUT2D eigenvalue weighted by Gasteiger charge is 2.47. The molecule has 1 heterocycles. The van der Waals surface area contributed by atoms with Crippen LogP contribution < -0.4 is 5.32 Å². The normalized spacial score (nSPS) is 35.8. The summed E-state index contributed by atoms with van der Waals surface area (Å²) >= 11 is 0. The van der Waals surface area contributed by atoms with Crippen LogP contribution in [-0.4, -0.2) is 71.7 Å². The number of hydrogen-bond donors (Lipinski definition) is 2. The van der Waals surface area contributed by atoms with Crippen molar-refractivity contribution in [3.63, 3.8) is 0 Å². The highest BCUT2D eigenvalue weighted by Crippen LogP contribution is 2.35. The lowest BCUT2D eigenvalue weighted by Crippen LogP contribution is -2.52. The molecule has 0 bridgehead atoms. The van der Waals surface area contributed by atoms with Gasteiger partial charge in [-0.2, -0.15) is 0 Å². The van der Waals surface area contributed by atoms with Crippen LogP contribution in [-0.2, 0) is 4.79 Å². The second-order valence-corrected chi connectivity index (χ2v) is 6.91. The summed E-state index contributed by atoms with van der Waals surface area (Å²) in [4.78, 5) is 16.7. The minimum Gasteiger partial charge on any atom is -0.480 e. The molecule has 0 aromatic carbocycles. The van der Waals surface area contributed by atoms with Crippen molar-refractivity contribution < 1.29 is 9.90 Å². The van der Waals surface area contributed by atoms with Gasteiger partial charge in [-0.3, -0.25) is 9.69 Å². The van der Waals surface area contributed by atoms with Crippen LogP contribution in [0.3, 0.4) is 0 Å². The maximum Gasteiger partial charge on any atom is 0.323 e. The van der Waals surface area contributed by atoms with Gasteiger partial charge in [0.25, 0.3) is 0 Å². The molecule has 2 rings (SSSR count). The summed E-state index contributed by atoms with van der Waals surface area (Å²) in [6.07, 6.45) is 4.66. The highest BCUT2D eigenvalue weighted by atomic mass is 16.4. The molecule has 0 spiro atoms. The first-order chi connectivity index (χ1) is 9.98. The van der Waals surface area contributed by atoms with Gasteiger partial charge >= 0.3 is 5.97 Å². The Morgan fingerprint density at radius 1 is 1.43 bits per heavy atom. The Kier molecular flexibility index (Phi) is 5.63. The molecular formula is C16H31N3O2. The molecule has 1 aliphatic heterocycles. The Morgan fingerprint density at radius 2 is 2.19 bits per heavy atom. The van der Waals surface area contributed by atoms with Crippen molar-refractivity contribution in [1.29, 1.82) is 0 Å². The van der Waals surface area contributed by atoms with Gasteiger partial charge in [0.15, 0.2) is 0 Å². The van der Waals surface area contributed by atoms with E-state index < -0.39 is 11.5 Å². The zero-order valence-electron chi connectivity index (χ0n) is 13.8. The first-order valence-electron chi connectivity index (χ1n) is 8.41. The van der Waals surface area contributed by atoms with Crippen molar-refractivity contribution in [3.8, 4) is 0 Å². The van der Waals surface area contributed by atoms with E-state index in [9.17, 15) is 9.90 Å². The first kappa shape index (κ1) is 16.7. The minimum atomic E-state index is -0.696. The number of carboxylic acids is 1. The van der Waals surface area contributed by atoms with Gasteiger partial charge in [0.2, 0.25) is 0 Å². The number of carbonyl (C=O) groups is 1. The predicted molar refractivity (Wildman–Crippen MR) is 84.6 cm³/mol. The Bertz CT molecular complexity index is 363. The lowest BCUT2D eigenvalue weighted by Gasteiger charge is -2.34. The molecule has 122 valence electrons. The summed E-state index contributed by atoms with van der Waals surface area (Å²) in [6, 6.07) is 0.922. The molecular weight excluding hydrogens is 266 g/mol. The fourth-order valence-corrected chi connectivity index (χ4v) is 4.03. The third-order valence-electron chi connectivity index (χ3n) is 5.18. The van der Waals surface area contributed by atoms with Gasteiger partial charge in [-0.1, -0.05) is 6.92 Å². The van der Waals surface area contributed by atoms with E-state index in [1.165, 1.54) is 6.42 Å². The third-order valence-corrected chi connectivity index (χ3v) is 5.18. The third kappa shape index (κ3) is 3.76. The van der Waals surface area contributed by atoms with Crippen molar-refractivity contribution in [2.45, 2.75) is 63.6 Å². The smallest absolute Gasteiger partial charge is 0.323 e. The van der Waals surface area contributed by atoms with E-state index in [1.807, 2.05) is 0 Å². The Hall–Kier alpha value is -0.650. The standard InChI is InChI=1S/C16H31N3O2/c1-4-8-17-16(15(20)21)7-6-14(11-16)19-10-5-9-18(3)12-13(19)2/h13-14,17H,4-12H2,1-3H3,(H,20,21). The Balaban J connectivity index is 2.03. The topological polar surface area (TPSA) is 55.8 Å². The van der Waals surface area contributed by atoms with E-state index >= 15 is 0 Å². The van der Waals surface area contributed by atoms with Crippen molar-refractivity contribution in [3.05, 3.63) is 0 Å². The van der Waals surface area contributed by atoms with Gasteiger partial charge in [-0.25, -0.2) is 0 Å². The van der Waals surface area contributed by atoms with E-state index in [0.29, 0.717) is 12.1 Å².